The molecule has 124 heavy (non-hydrogen) atoms. The van der Waals surface area contributed by atoms with E-state index in [-0.39, 0.29) is 91.5 Å². The maximum absolute atomic E-state index is 12.4. The van der Waals surface area contributed by atoms with Gasteiger partial charge in [-0.15, -0.1) is 3.71 Å². The van der Waals surface area contributed by atoms with E-state index in [0.717, 1.165) is 127 Å². The quantitative estimate of drug-likeness (QED) is 0.0401. The van der Waals surface area contributed by atoms with Crippen LogP contribution in [0, 0.1) is 13.8 Å². The molecule has 0 spiro atoms. The minimum atomic E-state index is -6.81. The number of Topliss-reactive ketones (excluding diaryl/α,β-unsaturated/α-hetero) is 1. The molecule has 0 unspecified atom stereocenters. The van der Waals surface area contributed by atoms with Gasteiger partial charge in [-0.3, -0.25) is 4.79 Å². The van der Waals surface area contributed by atoms with Crippen LogP contribution < -0.4 is 23.0 Å². The lowest BCUT2D eigenvalue weighted by Gasteiger charge is -2.32. The predicted octanol–water partition coefficient (Wildman–Crippen LogP) is 14.6. The van der Waals surface area contributed by atoms with Gasteiger partial charge in [-0.25, -0.2) is 9.97 Å². The fraction of sp³-hybridized carbons (Fsp3) is 0.568. The van der Waals surface area contributed by atoms with E-state index in [1.807, 2.05) is 124 Å². The number of halogens is 10. The van der Waals surface area contributed by atoms with Crippen LogP contribution in [-0.2, 0) is 99.2 Å². The van der Waals surface area contributed by atoms with Crippen LogP contribution in [0.4, 0.5) is 56.6 Å². The highest BCUT2D eigenvalue weighted by Crippen LogP contribution is 2.45. The minimum absolute atomic E-state index is 0.0231. The van der Waals surface area contributed by atoms with Gasteiger partial charge in [0.1, 0.15) is 23.8 Å². The van der Waals surface area contributed by atoms with Gasteiger partial charge in [0, 0.05) is 96.7 Å². The summed E-state index contributed by atoms with van der Waals surface area (Å²) in [7, 11) is -20.3. The van der Waals surface area contributed by atoms with Gasteiger partial charge < -0.3 is 80.5 Å². The first kappa shape index (κ1) is 102. The molecule has 0 saturated carbocycles. The summed E-state index contributed by atoms with van der Waals surface area (Å²) >= 11 is 3.45. The number of benzene rings is 3. The van der Waals surface area contributed by atoms with E-state index in [4.69, 9.17) is 56.3 Å². The zero-order chi connectivity index (χ0) is 91.9. The normalized spacial score (nSPS) is 21.4. The Balaban J connectivity index is 0.000000184. The summed E-state index contributed by atoms with van der Waals surface area (Å²) in [4.78, 5) is 23.6. The number of hydrogen-bond donors (Lipinski definition) is 2. The Morgan fingerprint density at radius 1 is 0.508 bits per heavy atom. The van der Waals surface area contributed by atoms with Crippen LogP contribution in [0.1, 0.15) is 156 Å². The number of aliphatic hydroxyl groups excluding tert-OH is 2. The van der Waals surface area contributed by atoms with Crippen molar-refractivity contribution in [1.29, 1.82) is 0 Å². The Kier molecular flexibility index (Phi) is 35.1. The third-order valence-corrected chi connectivity index (χ3v) is 27.0. The van der Waals surface area contributed by atoms with Gasteiger partial charge in [-0.2, -0.15) is 64.8 Å². The molecule has 2 atom stereocenters. The first-order chi connectivity index (χ1) is 57.6. The number of carbonyl (C=O) groups excluding carboxylic acids is 1. The molecule has 5 aromatic rings. The molecule has 43 heteroatoms. The average Bonchev–Trinajstić information content (AvgIpc) is 0.941. The van der Waals surface area contributed by atoms with Crippen LogP contribution in [0.2, 0.25) is 0 Å². The fourth-order valence-corrected chi connectivity index (χ4v) is 16.4. The first-order valence-corrected chi connectivity index (χ1v) is 45.0. The molecular formula is C81H108B3BrF9N5O22S3. The number of sulfonamides is 2. The van der Waals surface area contributed by atoms with E-state index < -0.39 is 70.1 Å². The number of alkyl halides is 9. The third kappa shape index (κ3) is 27.3. The topological polar surface area (TPSA) is 315 Å². The van der Waals surface area contributed by atoms with Crippen LogP contribution in [0.5, 0.6) is 11.8 Å². The highest BCUT2D eigenvalue weighted by molar-refractivity contribution is 9.10. The largest absolute Gasteiger partial charge is 0.534 e. The van der Waals surface area contributed by atoms with Gasteiger partial charge in [0.05, 0.1) is 118 Å². The van der Waals surface area contributed by atoms with Crippen molar-refractivity contribution < 1.29 is 140 Å². The first-order valence-electron chi connectivity index (χ1n) is 39.9. The molecule has 27 nitrogen and oxygen atoms in total. The van der Waals surface area contributed by atoms with Crippen molar-refractivity contribution >= 4 is 95.6 Å². The lowest BCUT2D eigenvalue weighted by Crippen LogP contribution is -2.49. The third-order valence-electron chi connectivity index (χ3n) is 21.9. The summed E-state index contributed by atoms with van der Waals surface area (Å²) in [6.45, 7) is 36.4. The van der Waals surface area contributed by atoms with Crippen molar-refractivity contribution in [2.45, 2.75) is 217 Å². The van der Waals surface area contributed by atoms with Crippen molar-refractivity contribution in [1.82, 2.24) is 9.97 Å². The number of aryl methyl sites for hydroxylation is 2. The van der Waals surface area contributed by atoms with Gasteiger partial charge in [-0.1, -0.05) is 64.5 Å². The average molecular weight is 1880 g/mol. The zero-order valence-electron chi connectivity index (χ0n) is 71.6. The summed E-state index contributed by atoms with van der Waals surface area (Å²) < 4.78 is 247. The molecular weight excluding hydrogens is 1770 g/mol. The van der Waals surface area contributed by atoms with E-state index in [2.05, 4.69) is 97.9 Å². The molecule has 9 aliphatic rings. The lowest BCUT2D eigenvalue weighted by molar-refractivity contribution is -0.124. The molecule has 6 fully saturated rings. The second kappa shape index (κ2) is 42.5. The number of hydrogen-bond acceptors (Lipinski definition) is 26. The number of nitrogens with zero attached hydrogens (tertiary/aromatic N) is 5. The Morgan fingerprint density at radius 2 is 0.927 bits per heavy atom. The second-order valence-corrected chi connectivity index (χ2v) is 39.0. The van der Waals surface area contributed by atoms with Crippen molar-refractivity contribution in [2.24, 2.45) is 0 Å². The summed E-state index contributed by atoms with van der Waals surface area (Å²) in [6, 6.07) is 24.1. The number of para-hydroxylation sites is 1. The Morgan fingerprint density at radius 3 is 1.31 bits per heavy atom. The molecule has 14 rings (SSSR count). The molecule has 11 heterocycles. The van der Waals surface area contributed by atoms with Crippen LogP contribution in [0.3, 0.4) is 0 Å². The SMILES string of the molecule is CC1(C)OB(B2OC(C)(C)C(C)(C)O2)OC1(C)C.CC1(C)OB(C2=CCOCC2)OC1(C)C.Cc1ccc(O[C@H]2CCN(c3ccc(Br)cc3CO)C2)nc1.Cc1ccc(O[C@H]2CCN(c3ccc(C4=CCOCC4)cc3CO)C2)nc1.O=C1CCOCC1.O=S(=O)(N(c1ccccc1)S(=O)(=O)C(F)(F)F)C(F)(F)F.O=S(=O)(OC1=CCOCC1)C(F)(F)F. The van der Waals surface area contributed by atoms with Gasteiger partial charge >= 0.3 is 67.8 Å². The summed E-state index contributed by atoms with van der Waals surface area (Å²) in [5, 5.41) is 19.5. The summed E-state index contributed by atoms with van der Waals surface area (Å²) in [5.41, 5.74) is -11.1. The van der Waals surface area contributed by atoms with Crippen LogP contribution in [0.15, 0.2) is 137 Å². The summed E-state index contributed by atoms with van der Waals surface area (Å²) in [6.07, 6.45) is 14.3. The standard InChI is InChI=1S/C22H26N2O3.C17H19BrN2O2.C12H24B2O4.C11H19BO3.C8H5F6NO4S2.C6H7F3O4S.C5H8O2/c1-16-2-5-22(23-13-16)27-20-6-9-24(14-20)21-4-3-18(12-19(21)15-25)17-7-10-26-11-8-17;1-12-2-5-17(19-9-12)22-15-6-7-20(10-15)16-4-3-14(18)8-13(16)11-21;1-9(2)10(3,4)16-13(15-9)14-17-11(5,6)12(7,8)18-14;1-10(2)11(3,4)15-12(14-10)9-5-7-13-8-6-9;9-7(10,11)20(16,17)15(6-4-2-1-3-5-6)21(18,19)8(12,13)14;7-6(8,9)14(10,11)13-5-1-3-12-4-2-5;6-5-1-3-7-4-2-5/h2-5,7,12-13,20,25H,6,8-11,14-15H2,1H3;2-5,8-9,15,21H,6-7,10-11H2,1H3;1-8H3;5H,6-8H2,1-4H3;1-5H;1H,2-4H2;1-4H2/t20-;15-;;;;;/m00...../s1. The number of aliphatic hydroxyl groups is 2. The van der Waals surface area contributed by atoms with Gasteiger partial charge in [-0.05, 0) is 186 Å². The Labute approximate surface area is 728 Å². The maximum Gasteiger partial charge on any atom is 0.534 e. The number of ketones is 1. The molecule has 0 aliphatic carbocycles. The van der Waals surface area contributed by atoms with Crippen LogP contribution in [-0.4, -0.2) is 214 Å². The fourth-order valence-electron chi connectivity index (χ4n) is 12.7. The molecule has 686 valence electrons. The van der Waals surface area contributed by atoms with Gasteiger partial charge in [0.15, 0.2) is 0 Å². The molecule has 6 saturated heterocycles. The van der Waals surface area contributed by atoms with Gasteiger partial charge in [0.2, 0.25) is 11.8 Å². The molecule has 0 bridgehead atoms. The minimum Gasteiger partial charge on any atom is -0.472 e. The van der Waals surface area contributed by atoms with Crippen LogP contribution in [0.25, 0.3) is 5.57 Å². The number of aromatic nitrogens is 2. The van der Waals surface area contributed by atoms with E-state index in [1.54, 1.807) is 0 Å². The highest BCUT2D eigenvalue weighted by atomic mass is 79.9. The smallest absolute Gasteiger partial charge is 0.472 e. The monoisotopic (exact) mass is 1880 g/mol. The molecule has 2 N–H and O–H groups in total. The number of carbonyl (C=O) groups is 1. The predicted molar refractivity (Wildman–Crippen MR) is 452 cm³/mol. The lowest BCUT2D eigenvalue weighted by atomic mass is 9.49. The zero-order valence-corrected chi connectivity index (χ0v) is 75.6. The Bertz CT molecular complexity index is 4700. The summed E-state index contributed by atoms with van der Waals surface area (Å²) in [5.74, 6) is 1.46. The van der Waals surface area contributed by atoms with Crippen molar-refractivity contribution in [2.75, 3.05) is 92.5 Å². The van der Waals surface area contributed by atoms with E-state index in [1.165, 1.54) is 16.6 Å². The number of anilines is 3. The van der Waals surface area contributed by atoms with Crippen molar-refractivity contribution in [3.05, 3.63) is 165 Å². The maximum atomic E-state index is 12.4. The van der Waals surface area contributed by atoms with E-state index >= 15 is 0 Å². The van der Waals surface area contributed by atoms with Crippen molar-refractivity contribution in [3.63, 3.8) is 0 Å². The van der Waals surface area contributed by atoms with E-state index in [9.17, 15) is 79.8 Å². The Hall–Kier alpha value is -6.94. The van der Waals surface area contributed by atoms with Crippen molar-refractivity contribution in [3.8, 4) is 11.8 Å². The second-order valence-electron chi connectivity index (χ2n) is 32.8. The van der Waals surface area contributed by atoms with E-state index in [0.29, 0.717) is 68.9 Å². The molecule has 9 aliphatic heterocycles. The van der Waals surface area contributed by atoms with Crippen LogP contribution >= 0.6 is 15.9 Å². The molecule has 0 radical (unpaired) electrons. The number of ether oxygens (including phenoxy) is 6. The molecule has 3 aromatic carbocycles. The molecule has 0 amide bonds. The van der Waals surface area contributed by atoms with Gasteiger partial charge in [0.25, 0.3) is 0 Å². The molecule has 2 aromatic heterocycles. The highest BCUT2D eigenvalue weighted by Gasteiger charge is 2.65. The number of pyridine rings is 2. The number of rotatable bonds is 16.